The van der Waals surface area contributed by atoms with Crippen LogP contribution in [0.2, 0.25) is 0 Å². The summed E-state index contributed by atoms with van der Waals surface area (Å²) in [5, 5.41) is 1.57. The van der Waals surface area contributed by atoms with Gasteiger partial charge in [-0.1, -0.05) is 0 Å². The maximum absolute atomic E-state index is 13.6. The van der Waals surface area contributed by atoms with E-state index in [2.05, 4.69) is 31.9 Å². The average molecular weight is 433 g/mol. The lowest BCUT2D eigenvalue weighted by Gasteiger charge is -2.08. The van der Waals surface area contributed by atoms with Gasteiger partial charge in [-0.25, -0.2) is 17.2 Å². The first-order chi connectivity index (χ1) is 8.81. The van der Waals surface area contributed by atoms with Crippen LogP contribution in [0.15, 0.2) is 36.7 Å². The van der Waals surface area contributed by atoms with Crippen molar-refractivity contribution in [3.8, 4) is 0 Å². The smallest absolute Gasteiger partial charge is 0.272 e. The maximum Gasteiger partial charge on any atom is 0.272 e. The van der Waals surface area contributed by atoms with Crippen molar-refractivity contribution in [1.29, 1.82) is 0 Å². The first-order valence-corrected chi connectivity index (χ1v) is 8.66. The summed E-state index contributed by atoms with van der Waals surface area (Å²) in [4.78, 5) is 0. The Morgan fingerprint density at radius 1 is 1.11 bits per heavy atom. The summed E-state index contributed by atoms with van der Waals surface area (Å²) in [5.74, 6) is -1.63. The third kappa shape index (κ3) is 3.15. The van der Waals surface area contributed by atoms with Crippen LogP contribution in [0.1, 0.15) is 0 Å². The second-order valence-corrected chi connectivity index (χ2v) is 7.91. The molecule has 0 spiro atoms. The van der Waals surface area contributed by atoms with E-state index in [-0.39, 0.29) is 8.68 Å². The van der Waals surface area contributed by atoms with E-state index in [4.69, 9.17) is 0 Å². The Bertz CT molecular complexity index is 731. The summed E-state index contributed by atoms with van der Waals surface area (Å²) in [6.07, 6.45) is 0. The maximum atomic E-state index is 13.6. The molecule has 0 aliphatic heterocycles. The van der Waals surface area contributed by atoms with Crippen LogP contribution in [0.25, 0.3) is 0 Å². The van der Waals surface area contributed by atoms with Crippen LogP contribution in [0.3, 0.4) is 0 Å². The Morgan fingerprint density at radius 2 is 1.79 bits per heavy atom. The Morgan fingerprint density at radius 3 is 2.37 bits per heavy atom. The fraction of sp³-hybridized carbons (Fsp3) is 0. The molecule has 0 aliphatic carbocycles. The molecule has 1 aromatic carbocycles. The molecule has 0 fully saturated rings. The van der Waals surface area contributed by atoms with Gasteiger partial charge in [-0.15, -0.1) is 11.3 Å². The first-order valence-electron chi connectivity index (χ1n) is 4.71. The van der Waals surface area contributed by atoms with Gasteiger partial charge in [0.2, 0.25) is 0 Å². The van der Waals surface area contributed by atoms with Gasteiger partial charge in [0.15, 0.2) is 4.21 Å². The summed E-state index contributed by atoms with van der Waals surface area (Å²) in [6.45, 7) is 0. The minimum absolute atomic E-state index is 0.00442. The van der Waals surface area contributed by atoms with Crippen molar-refractivity contribution in [2.24, 2.45) is 0 Å². The van der Waals surface area contributed by atoms with Gasteiger partial charge >= 0.3 is 0 Å². The number of sulfonamides is 1. The lowest BCUT2D eigenvalue weighted by Crippen LogP contribution is -2.13. The van der Waals surface area contributed by atoms with Crippen molar-refractivity contribution < 1.29 is 17.2 Å². The zero-order valence-corrected chi connectivity index (χ0v) is 13.8. The van der Waals surface area contributed by atoms with Gasteiger partial charge in [-0.2, -0.15) is 0 Å². The van der Waals surface area contributed by atoms with E-state index in [0.717, 1.165) is 23.5 Å². The van der Waals surface area contributed by atoms with Gasteiger partial charge in [0, 0.05) is 10.5 Å². The molecular weight excluding hydrogens is 428 g/mol. The van der Waals surface area contributed by atoms with E-state index < -0.39 is 27.3 Å². The molecule has 1 heterocycles. The molecule has 9 heteroatoms. The van der Waals surface area contributed by atoms with Crippen LogP contribution < -0.4 is 4.72 Å². The van der Waals surface area contributed by atoms with Crippen molar-refractivity contribution in [3.63, 3.8) is 0 Å². The van der Waals surface area contributed by atoms with E-state index in [1.165, 1.54) is 0 Å². The molecule has 0 aliphatic rings. The molecule has 0 amide bonds. The number of anilines is 1. The molecule has 2 rings (SSSR count). The molecule has 1 aromatic heterocycles. The zero-order chi connectivity index (χ0) is 14.2. The molecule has 0 unspecified atom stereocenters. The van der Waals surface area contributed by atoms with Gasteiger partial charge in [0.1, 0.15) is 11.6 Å². The minimum Gasteiger partial charge on any atom is -0.276 e. The Labute approximate surface area is 129 Å². The molecule has 102 valence electrons. The van der Waals surface area contributed by atoms with Crippen LogP contribution in [-0.2, 0) is 10.0 Å². The Hall–Kier alpha value is -0.510. The molecule has 19 heavy (non-hydrogen) atoms. The summed E-state index contributed by atoms with van der Waals surface area (Å²) >= 11 is 6.85. The largest absolute Gasteiger partial charge is 0.276 e. The van der Waals surface area contributed by atoms with Gasteiger partial charge in [0.05, 0.1) is 10.2 Å². The third-order valence-corrected chi connectivity index (χ3v) is 6.73. The molecule has 1 N–H and O–H groups in total. The average Bonchev–Trinajstić information content (AvgIpc) is 2.73. The summed E-state index contributed by atoms with van der Waals surface area (Å²) in [6, 6.07) is 3.19. The van der Waals surface area contributed by atoms with Crippen molar-refractivity contribution in [3.05, 3.63) is 44.2 Å². The van der Waals surface area contributed by atoms with Crippen molar-refractivity contribution in [2.75, 3.05) is 4.72 Å². The second kappa shape index (κ2) is 5.47. The third-order valence-electron chi connectivity index (χ3n) is 2.08. The quantitative estimate of drug-likeness (QED) is 0.732. The SMILES string of the molecule is O=S(=O)(Nc1cc(F)c(Br)cc1F)c1sccc1Br. The van der Waals surface area contributed by atoms with E-state index in [1.54, 1.807) is 11.4 Å². The fourth-order valence-electron chi connectivity index (χ4n) is 1.26. The van der Waals surface area contributed by atoms with Gasteiger partial charge in [-0.05, 0) is 49.4 Å². The van der Waals surface area contributed by atoms with Gasteiger partial charge in [0.25, 0.3) is 10.0 Å². The van der Waals surface area contributed by atoms with Crippen molar-refractivity contribution in [1.82, 2.24) is 0 Å². The lowest BCUT2D eigenvalue weighted by atomic mass is 10.3. The highest BCUT2D eigenvalue weighted by molar-refractivity contribution is 9.10. The van der Waals surface area contributed by atoms with Crippen LogP contribution in [0.5, 0.6) is 0 Å². The fourth-order valence-corrected chi connectivity index (χ4v) is 4.98. The number of halogens is 4. The molecule has 3 nitrogen and oxygen atoms in total. The number of nitrogens with one attached hydrogen (secondary N) is 1. The molecular formula is C10H5Br2F2NO2S2. The van der Waals surface area contributed by atoms with E-state index in [0.29, 0.717) is 4.47 Å². The summed E-state index contributed by atoms with van der Waals surface area (Å²) in [7, 11) is -3.95. The summed E-state index contributed by atoms with van der Waals surface area (Å²) in [5.41, 5.74) is -0.444. The topological polar surface area (TPSA) is 46.2 Å². The molecule has 2 aromatic rings. The monoisotopic (exact) mass is 431 g/mol. The van der Waals surface area contributed by atoms with Crippen LogP contribution in [0.4, 0.5) is 14.5 Å². The minimum atomic E-state index is -3.95. The zero-order valence-electron chi connectivity index (χ0n) is 8.95. The molecule has 0 saturated carbocycles. The van der Waals surface area contributed by atoms with E-state index >= 15 is 0 Å². The van der Waals surface area contributed by atoms with Crippen molar-refractivity contribution >= 4 is 58.9 Å². The van der Waals surface area contributed by atoms with Crippen LogP contribution in [-0.4, -0.2) is 8.42 Å². The summed E-state index contributed by atoms with van der Waals surface area (Å²) < 4.78 is 53.2. The van der Waals surface area contributed by atoms with Gasteiger partial charge < -0.3 is 0 Å². The number of thiophene rings is 1. The predicted molar refractivity (Wildman–Crippen MR) is 76.9 cm³/mol. The highest BCUT2D eigenvalue weighted by atomic mass is 79.9. The van der Waals surface area contributed by atoms with Crippen LogP contribution >= 0.6 is 43.2 Å². The Kier molecular flexibility index (Phi) is 4.29. The second-order valence-electron chi connectivity index (χ2n) is 3.41. The molecule has 0 radical (unpaired) electrons. The van der Waals surface area contributed by atoms with E-state index in [9.17, 15) is 17.2 Å². The standard InChI is InChI=1S/C10H5Br2F2NO2S2/c11-5-1-2-18-10(5)19(16,17)15-9-4-7(13)6(12)3-8(9)14/h1-4,15H. The number of rotatable bonds is 3. The first kappa shape index (κ1) is 14.9. The van der Waals surface area contributed by atoms with Crippen molar-refractivity contribution in [2.45, 2.75) is 4.21 Å². The number of hydrogen-bond acceptors (Lipinski definition) is 3. The lowest BCUT2D eigenvalue weighted by molar-refractivity contribution is 0.592. The highest BCUT2D eigenvalue weighted by Crippen LogP contribution is 2.31. The Balaban J connectivity index is 2.42. The van der Waals surface area contributed by atoms with E-state index in [1.807, 2.05) is 4.72 Å². The van der Waals surface area contributed by atoms with Gasteiger partial charge in [-0.3, -0.25) is 4.72 Å². The normalized spacial score (nSPS) is 11.6. The number of benzene rings is 1. The molecule has 0 bridgehead atoms. The highest BCUT2D eigenvalue weighted by Gasteiger charge is 2.21. The number of hydrogen-bond donors (Lipinski definition) is 1. The molecule has 0 atom stereocenters. The predicted octanol–water partition coefficient (Wildman–Crippen LogP) is 4.35. The van der Waals surface area contributed by atoms with Crippen LogP contribution in [0, 0.1) is 11.6 Å². The molecule has 0 saturated heterocycles.